The molecule has 2 nitrogen and oxygen atoms in total. The molecule has 0 spiro atoms. The van der Waals surface area contributed by atoms with Gasteiger partial charge in [-0.1, -0.05) is 203 Å². The number of nitrogens with zero attached hydrogens (tertiary/aromatic N) is 2. The average molecular weight is 961 g/mol. The number of fused-ring (bicyclic) bond motifs is 6. The minimum atomic E-state index is -0.146. The number of benzene rings is 7. The van der Waals surface area contributed by atoms with Crippen molar-refractivity contribution in [2.45, 2.75) is 182 Å². The Kier molecular flexibility index (Phi) is 10.9. The first-order chi connectivity index (χ1) is 34.0. The Morgan fingerprint density at radius 2 is 0.904 bits per heavy atom. The molecule has 11 rings (SSSR count). The minimum absolute atomic E-state index is 0.0111. The Balaban J connectivity index is 1.29. The van der Waals surface area contributed by atoms with Crippen LogP contribution in [0, 0.1) is 6.92 Å². The van der Waals surface area contributed by atoms with E-state index in [0.29, 0.717) is 0 Å². The lowest BCUT2D eigenvalue weighted by atomic mass is 9.33. The fourth-order valence-corrected chi connectivity index (χ4v) is 13.7. The third-order valence-corrected chi connectivity index (χ3v) is 18.1. The fourth-order valence-electron chi connectivity index (χ4n) is 13.7. The molecule has 0 radical (unpaired) electrons. The summed E-state index contributed by atoms with van der Waals surface area (Å²) in [6, 6.07) is 51.1. The molecule has 7 aromatic carbocycles. The van der Waals surface area contributed by atoms with Gasteiger partial charge < -0.3 is 9.80 Å². The Bertz CT molecular complexity index is 3390. The van der Waals surface area contributed by atoms with Gasteiger partial charge in [0.15, 0.2) is 0 Å². The number of hydrogen-bond acceptors (Lipinski definition) is 2. The van der Waals surface area contributed by atoms with Gasteiger partial charge >= 0.3 is 0 Å². The lowest BCUT2D eigenvalue weighted by Gasteiger charge is -2.46. The summed E-state index contributed by atoms with van der Waals surface area (Å²) in [5, 5.41) is 0. The van der Waals surface area contributed by atoms with Gasteiger partial charge in [-0.25, -0.2) is 0 Å². The van der Waals surface area contributed by atoms with Crippen molar-refractivity contribution in [1.82, 2.24) is 0 Å². The van der Waals surface area contributed by atoms with Crippen LogP contribution < -0.4 is 26.2 Å². The van der Waals surface area contributed by atoms with Crippen molar-refractivity contribution < 1.29 is 0 Å². The van der Waals surface area contributed by atoms with Crippen LogP contribution in [0.25, 0.3) is 22.3 Å². The zero-order valence-corrected chi connectivity index (χ0v) is 47.7. The van der Waals surface area contributed by atoms with Crippen LogP contribution >= 0.6 is 0 Å². The van der Waals surface area contributed by atoms with Crippen LogP contribution in [0.1, 0.15) is 181 Å². The van der Waals surface area contributed by atoms with E-state index < -0.39 is 0 Å². The van der Waals surface area contributed by atoms with Gasteiger partial charge in [-0.2, -0.15) is 0 Å². The van der Waals surface area contributed by atoms with Crippen LogP contribution in [0.3, 0.4) is 0 Å². The quantitative estimate of drug-likeness (QED) is 0.162. The van der Waals surface area contributed by atoms with E-state index in [0.717, 1.165) is 6.42 Å². The van der Waals surface area contributed by atoms with E-state index in [1.165, 1.54) is 130 Å². The van der Waals surface area contributed by atoms with Gasteiger partial charge in [0.2, 0.25) is 0 Å². The summed E-state index contributed by atoms with van der Waals surface area (Å²) in [6.45, 7) is 43.5. The maximum absolute atomic E-state index is 2.75. The number of rotatable bonds is 4. The fraction of sp³-hybridized carbons (Fsp3) is 0.400. The molecular formula is C70H81BN2. The molecule has 374 valence electrons. The van der Waals surface area contributed by atoms with E-state index >= 15 is 0 Å². The lowest BCUT2D eigenvalue weighted by molar-refractivity contribution is 0.332. The number of aryl methyl sites for hydroxylation is 1. The molecule has 7 aromatic rings. The molecule has 3 heteroatoms. The van der Waals surface area contributed by atoms with Gasteiger partial charge in [0.1, 0.15) is 0 Å². The molecule has 0 unspecified atom stereocenters. The molecule has 0 bridgehead atoms. The molecule has 2 aliphatic carbocycles. The molecule has 0 saturated carbocycles. The van der Waals surface area contributed by atoms with Crippen molar-refractivity contribution in [2.24, 2.45) is 0 Å². The highest BCUT2D eigenvalue weighted by Crippen LogP contribution is 2.55. The smallest absolute Gasteiger partial charge is 0.252 e. The minimum Gasteiger partial charge on any atom is -0.311 e. The summed E-state index contributed by atoms with van der Waals surface area (Å²) in [6.07, 6.45) is 3.49. The third-order valence-electron chi connectivity index (χ3n) is 18.1. The normalized spacial score (nSPS) is 17.9. The van der Waals surface area contributed by atoms with Gasteiger partial charge in [-0.15, -0.1) is 0 Å². The first-order valence-electron chi connectivity index (χ1n) is 27.5. The van der Waals surface area contributed by atoms with Crippen molar-refractivity contribution >= 4 is 57.2 Å². The van der Waals surface area contributed by atoms with Crippen LogP contribution in [0.2, 0.25) is 0 Å². The molecule has 0 N–H and O–H groups in total. The zero-order chi connectivity index (χ0) is 52.3. The van der Waals surface area contributed by atoms with Crippen molar-refractivity contribution in [3.05, 3.63) is 172 Å². The second-order valence-electron chi connectivity index (χ2n) is 28.6. The molecular weight excluding hydrogens is 880 g/mol. The molecule has 0 amide bonds. The summed E-state index contributed by atoms with van der Waals surface area (Å²) in [5.41, 5.74) is 28.1. The summed E-state index contributed by atoms with van der Waals surface area (Å²) in [7, 11) is 0. The van der Waals surface area contributed by atoms with Crippen LogP contribution in [0.15, 0.2) is 127 Å². The van der Waals surface area contributed by atoms with Gasteiger partial charge in [-0.3, -0.25) is 0 Å². The number of hydrogen-bond donors (Lipinski definition) is 0. The van der Waals surface area contributed by atoms with Crippen LogP contribution in [0.4, 0.5) is 34.1 Å². The molecule has 0 saturated heterocycles. The summed E-state index contributed by atoms with van der Waals surface area (Å²) < 4.78 is 0. The Hall–Kier alpha value is -5.80. The molecule has 2 heterocycles. The van der Waals surface area contributed by atoms with Crippen LogP contribution in [-0.4, -0.2) is 6.71 Å². The number of anilines is 6. The SMILES string of the molecule is Cc1ccc(-c2ccccc2)cc1N1c2cc(C(C)(C)C)ccc2B2c3cc4c(cc3N(c3ccc(C(C)(C)C)cc3-c3ccc5c(c3)C(C)(C)CCC5(C)C)c3cc(C(C)(C)C)cc1c32)C(C)(C)CC4(C)C. The monoisotopic (exact) mass is 961 g/mol. The molecule has 4 aliphatic rings. The predicted octanol–water partition coefficient (Wildman–Crippen LogP) is 17.6. The summed E-state index contributed by atoms with van der Waals surface area (Å²) in [5.74, 6) is 0. The standard InChI is InChI=1S/C70H81BN2/c1-43-24-25-45(44-22-20-19-21-23-44)35-58(43)73-59-37-48(65(5,6)7)27-30-55(59)71-56-40-53-54(70(17,18)42-69(53,15)16)41-60(56)72(61-38-49(66(8,9)10)39-62(73)63(61)71)57-31-28-47(64(2,3)4)36-50(57)46-26-29-51-52(34-46)68(13,14)33-32-67(51,11)12/h19-31,34-41H,32-33,42H2,1-18H3. The molecule has 2 aliphatic heterocycles. The third kappa shape index (κ3) is 7.96. The Labute approximate surface area is 440 Å². The van der Waals surface area contributed by atoms with E-state index in [4.69, 9.17) is 0 Å². The Morgan fingerprint density at radius 3 is 1.53 bits per heavy atom. The predicted molar refractivity (Wildman–Crippen MR) is 318 cm³/mol. The second kappa shape index (κ2) is 16.1. The van der Waals surface area contributed by atoms with Crippen molar-refractivity contribution in [3.8, 4) is 22.3 Å². The highest BCUT2D eigenvalue weighted by molar-refractivity contribution is 7.00. The van der Waals surface area contributed by atoms with Gasteiger partial charge in [0.05, 0.1) is 5.69 Å². The molecule has 0 aromatic heterocycles. The summed E-state index contributed by atoms with van der Waals surface area (Å²) >= 11 is 0. The van der Waals surface area contributed by atoms with Gasteiger partial charge in [0, 0.05) is 34.0 Å². The van der Waals surface area contributed by atoms with Crippen LogP contribution in [0.5, 0.6) is 0 Å². The maximum atomic E-state index is 2.75. The Morgan fingerprint density at radius 1 is 0.384 bits per heavy atom. The van der Waals surface area contributed by atoms with E-state index in [-0.39, 0.29) is 44.6 Å². The van der Waals surface area contributed by atoms with Crippen molar-refractivity contribution in [1.29, 1.82) is 0 Å². The molecule has 0 atom stereocenters. The largest absolute Gasteiger partial charge is 0.311 e. The van der Waals surface area contributed by atoms with Crippen molar-refractivity contribution in [2.75, 3.05) is 9.80 Å². The lowest BCUT2D eigenvalue weighted by Crippen LogP contribution is -2.61. The van der Waals surface area contributed by atoms with E-state index in [9.17, 15) is 0 Å². The topological polar surface area (TPSA) is 6.48 Å². The first kappa shape index (κ1) is 49.4. The van der Waals surface area contributed by atoms with E-state index in [1.54, 1.807) is 0 Å². The van der Waals surface area contributed by atoms with Crippen LogP contribution in [-0.2, 0) is 37.9 Å². The highest BCUT2D eigenvalue weighted by Gasteiger charge is 2.49. The zero-order valence-electron chi connectivity index (χ0n) is 47.7. The molecule has 0 fully saturated rings. The first-order valence-corrected chi connectivity index (χ1v) is 27.5. The average Bonchev–Trinajstić information content (AvgIpc) is 3.50. The van der Waals surface area contributed by atoms with Crippen molar-refractivity contribution in [3.63, 3.8) is 0 Å². The van der Waals surface area contributed by atoms with Gasteiger partial charge in [0.25, 0.3) is 6.71 Å². The second-order valence-corrected chi connectivity index (χ2v) is 28.6. The van der Waals surface area contributed by atoms with E-state index in [1.807, 2.05) is 0 Å². The maximum Gasteiger partial charge on any atom is 0.252 e. The highest BCUT2D eigenvalue weighted by atomic mass is 15.2. The van der Waals surface area contributed by atoms with E-state index in [2.05, 4.69) is 262 Å². The molecule has 73 heavy (non-hydrogen) atoms. The summed E-state index contributed by atoms with van der Waals surface area (Å²) in [4.78, 5) is 5.43. The van der Waals surface area contributed by atoms with Gasteiger partial charge in [-0.05, 0) is 184 Å².